The number of para-hydroxylation sites is 1. The number of nitrogens with one attached hydrogen (secondary N) is 1. The monoisotopic (exact) mass is 280 g/mol. The van der Waals surface area contributed by atoms with E-state index < -0.39 is 23.2 Å². The van der Waals surface area contributed by atoms with Crippen LogP contribution in [0.1, 0.15) is 10.7 Å². The van der Waals surface area contributed by atoms with Crippen LogP contribution in [0.4, 0.5) is 14.5 Å². The van der Waals surface area contributed by atoms with E-state index in [4.69, 9.17) is 0 Å². The summed E-state index contributed by atoms with van der Waals surface area (Å²) in [6, 6.07) is 3.38. The Morgan fingerprint density at radius 2 is 2.05 bits per heavy atom. The summed E-state index contributed by atoms with van der Waals surface area (Å²) >= 11 is 1.45. The van der Waals surface area contributed by atoms with Gasteiger partial charge < -0.3 is 5.32 Å². The molecule has 1 N–H and O–H groups in total. The molecule has 2 aromatic rings. The van der Waals surface area contributed by atoms with Gasteiger partial charge in [-0.05, 0) is 25.1 Å². The largest absolute Gasteiger partial charge is 0.318 e. The van der Waals surface area contributed by atoms with E-state index in [0.29, 0.717) is 5.69 Å². The van der Waals surface area contributed by atoms with Gasteiger partial charge in [0.05, 0.1) is 10.7 Å². The van der Waals surface area contributed by atoms with Crippen molar-refractivity contribution in [2.45, 2.75) is 6.92 Å². The highest BCUT2D eigenvalue weighted by Crippen LogP contribution is 2.18. The molecule has 0 radical (unpaired) electrons. The van der Waals surface area contributed by atoms with Crippen LogP contribution in [0, 0.1) is 18.6 Å². The molecule has 98 valence electrons. The van der Waals surface area contributed by atoms with Crippen molar-refractivity contribution in [2.75, 3.05) is 5.32 Å². The van der Waals surface area contributed by atoms with Crippen molar-refractivity contribution in [3.05, 3.63) is 52.0 Å². The Labute approximate surface area is 112 Å². The number of benzene rings is 1. The molecular weight excluding hydrogens is 270 g/mol. The van der Waals surface area contributed by atoms with Crippen molar-refractivity contribution in [1.29, 1.82) is 0 Å². The molecule has 1 amide bonds. The van der Waals surface area contributed by atoms with E-state index in [-0.39, 0.29) is 0 Å². The van der Waals surface area contributed by atoms with Crippen LogP contribution in [0.5, 0.6) is 0 Å². The molecule has 0 bridgehead atoms. The lowest BCUT2D eigenvalue weighted by molar-refractivity contribution is -0.111. The van der Waals surface area contributed by atoms with Gasteiger partial charge in [-0.2, -0.15) is 0 Å². The zero-order valence-electron chi connectivity index (χ0n) is 9.98. The number of carbonyl (C=O) groups excluding carboxylic acids is 1. The van der Waals surface area contributed by atoms with E-state index in [1.807, 2.05) is 6.92 Å². The van der Waals surface area contributed by atoms with Crippen LogP contribution in [0.15, 0.2) is 29.7 Å². The second-order valence-corrected chi connectivity index (χ2v) is 4.77. The van der Waals surface area contributed by atoms with Crippen molar-refractivity contribution < 1.29 is 13.6 Å². The summed E-state index contributed by atoms with van der Waals surface area (Å²) in [5.41, 5.74) is 0.179. The topological polar surface area (TPSA) is 42.0 Å². The SMILES string of the molecule is Cc1nc(/C=C/C(=O)Nc2c(F)cccc2F)cs1. The molecule has 1 aromatic heterocycles. The van der Waals surface area contributed by atoms with Crippen LogP contribution in [-0.2, 0) is 4.79 Å². The standard InChI is InChI=1S/C13H10F2N2OS/c1-8-16-9(7-19-8)5-6-12(18)17-13-10(14)3-2-4-11(13)15/h2-7H,1H3,(H,17,18)/b6-5+. The lowest BCUT2D eigenvalue weighted by Crippen LogP contribution is -2.10. The minimum atomic E-state index is -0.814. The quantitative estimate of drug-likeness (QED) is 0.876. The van der Waals surface area contributed by atoms with Gasteiger partial charge in [-0.25, -0.2) is 13.8 Å². The zero-order valence-corrected chi connectivity index (χ0v) is 10.8. The third kappa shape index (κ3) is 3.45. The predicted molar refractivity (Wildman–Crippen MR) is 70.9 cm³/mol. The molecule has 0 atom stereocenters. The third-order valence-corrected chi connectivity index (χ3v) is 3.04. The van der Waals surface area contributed by atoms with Crippen molar-refractivity contribution in [1.82, 2.24) is 4.98 Å². The third-order valence-electron chi connectivity index (χ3n) is 2.25. The molecule has 0 aliphatic rings. The van der Waals surface area contributed by atoms with Gasteiger partial charge in [-0.3, -0.25) is 4.79 Å². The molecule has 0 saturated heterocycles. The number of thiazole rings is 1. The fraction of sp³-hybridized carbons (Fsp3) is 0.0769. The van der Waals surface area contributed by atoms with Crippen LogP contribution >= 0.6 is 11.3 Å². The first kappa shape index (κ1) is 13.4. The van der Waals surface area contributed by atoms with Gasteiger partial charge in [0, 0.05) is 11.5 Å². The summed E-state index contributed by atoms with van der Waals surface area (Å²) in [7, 11) is 0. The molecule has 0 unspecified atom stereocenters. The van der Waals surface area contributed by atoms with Gasteiger partial charge in [0.2, 0.25) is 5.91 Å². The average molecular weight is 280 g/mol. The van der Waals surface area contributed by atoms with E-state index in [0.717, 1.165) is 17.1 Å². The highest BCUT2D eigenvalue weighted by molar-refractivity contribution is 7.09. The number of anilines is 1. The molecule has 0 saturated carbocycles. The van der Waals surface area contributed by atoms with Crippen molar-refractivity contribution >= 4 is 29.0 Å². The molecule has 1 aromatic carbocycles. The summed E-state index contributed by atoms with van der Waals surface area (Å²) in [5.74, 6) is -2.24. The number of aryl methyl sites for hydroxylation is 1. The minimum Gasteiger partial charge on any atom is -0.318 e. The van der Waals surface area contributed by atoms with Crippen molar-refractivity contribution in [3.63, 3.8) is 0 Å². The van der Waals surface area contributed by atoms with Gasteiger partial charge >= 0.3 is 0 Å². The number of amides is 1. The lowest BCUT2D eigenvalue weighted by atomic mass is 10.3. The normalized spacial score (nSPS) is 10.9. The number of aromatic nitrogens is 1. The van der Waals surface area contributed by atoms with Gasteiger partial charge in [-0.15, -0.1) is 11.3 Å². The Bertz CT molecular complexity index is 617. The van der Waals surface area contributed by atoms with Crippen molar-refractivity contribution in [2.24, 2.45) is 0 Å². The fourth-order valence-corrected chi connectivity index (χ4v) is 1.98. The van der Waals surface area contributed by atoms with E-state index in [1.165, 1.54) is 29.6 Å². The first-order chi connectivity index (χ1) is 9.06. The highest BCUT2D eigenvalue weighted by Gasteiger charge is 2.09. The number of hydrogen-bond acceptors (Lipinski definition) is 3. The van der Waals surface area contributed by atoms with E-state index in [2.05, 4.69) is 10.3 Å². The van der Waals surface area contributed by atoms with Crippen LogP contribution in [0.2, 0.25) is 0 Å². The molecule has 6 heteroatoms. The van der Waals surface area contributed by atoms with Gasteiger partial charge in [0.1, 0.15) is 17.3 Å². The van der Waals surface area contributed by atoms with Gasteiger partial charge in [0.25, 0.3) is 0 Å². The average Bonchev–Trinajstić information content (AvgIpc) is 2.77. The molecule has 0 aliphatic heterocycles. The number of halogens is 2. The summed E-state index contributed by atoms with van der Waals surface area (Å²) in [6.07, 6.45) is 2.66. The molecular formula is C13H10F2N2OS. The van der Waals surface area contributed by atoms with Crippen LogP contribution in [0.25, 0.3) is 6.08 Å². The summed E-state index contributed by atoms with van der Waals surface area (Å²) in [6.45, 7) is 1.84. The Morgan fingerprint density at radius 1 is 1.37 bits per heavy atom. The summed E-state index contributed by atoms with van der Waals surface area (Å²) in [4.78, 5) is 15.7. The van der Waals surface area contributed by atoms with E-state index in [1.54, 1.807) is 5.38 Å². The minimum absolute atomic E-state index is 0.452. The highest BCUT2D eigenvalue weighted by atomic mass is 32.1. The second kappa shape index (κ2) is 5.71. The van der Waals surface area contributed by atoms with Gasteiger partial charge in [-0.1, -0.05) is 6.07 Å². The Kier molecular flexibility index (Phi) is 4.01. The van der Waals surface area contributed by atoms with E-state index >= 15 is 0 Å². The summed E-state index contributed by atoms with van der Waals surface area (Å²) < 4.78 is 26.6. The van der Waals surface area contributed by atoms with E-state index in [9.17, 15) is 13.6 Å². The summed E-state index contributed by atoms with van der Waals surface area (Å²) in [5, 5.41) is 4.81. The maximum atomic E-state index is 13.3. The Hall–Kier alpha value is -2.08. The van der Waals surface area contributed by atoms with Crippen LogP contribution in [-0.4, -0.2) is 10.9 Å². The predicted octanol–water partition coefficient (Wildman–Crippen LogP) is 3.38. The smallest absolute Gasteiger partial charge is 0.248 e. The van der Waals surface area contributed by atoms with Gasteiger partial charge in [0.15, 0.2) is 0 Å². The molecule has 1 heterocycles. The molecule has 3 nitrogen and oxygen atoms in total. The maximum Gasteiger partial charge on any atom is 0.248 e. The second-order valence-electron chi connectivity index (χ2n) is 3.71. The van der Waals surface area contributed by atoms with Crippen LogP contribution in [0.3, 0.4) is 0 Å². The first-order valence-electron chi connectivity index (χ1n) is 5.41. The molecule has 0 fully saturated rings. The fourth-order valence-electron chi connectivity index (χ4n) is 1.40. The zero-order chi connectivity index (χ0) is 13.8. The number of rotatable bonds is 3. The molecule has 0 aliphatic carbocycles. The molecule has 19 heavy (non-hydrogen) atoms. The number of hydrogen-bond donors (Lipinski definition) is 1. The molecule has 2 rings (SSSR count). The van der Waals surface area contributed by atoms with Crippen molar-refractivity contribution in [3.8, 4) is 0 Å². The molecule has 0 spiro atoms. The lowest BCUT2D eigenvalue weighted by Gasteiger charge is -2.04. The Morgan fingerprint density at radius 3 is 2.63 bits per heavy atom. The number of nitrogens with zero attached hydrogens (tertiary/aromatic N) is 1. The Balaban J connectivity index is 2.07. The van der Waals surface area contributed by atoms with Crippen LogP contribution < -0.4 is 5.32 Å². The maximum absolute atomic E-state index is 13.3. The first-order valence-corrected chi connectivity index (χ1v) is 6.29. The number of carbonyl (C=O) groups is 1.